The standard InChI is InChI=1S/C22H25N3O5/c1-13-17(30-21(28)22(2,3)4)16-18(24-13)23-12-25(19(16)26)11-10-14-6-8-15(9-7-14)20(27)29-5/h6-9,12,26H,10-11H2,1-5H3. The highest BCUT2D eigenvalue weighted by atomic mass is 16.5. The molecule has 0 aliphatic carbocycles. The highest BCUT2D eigenvalue weighted by molar-refractivity contribution is 5.89. The molecule has 0 unspecified atom stereocenters. The van der Waals surface area contributed by atoms with Gasteiger partial charge in [-0.3, -0.25) is 4.79 Å². The number of ether oxygens (including phenoxy) is 2. The quantitative estimate of drug-likeness (QED) is 0.642. The fourth-order valence-electron chi connectivity index (χ4n) is 2.87. The maximum Gasteiger partial charge on any atom is 0.337 e. The number of benzene rings is 1. The Bertz CT molecular complexity index is 1050. The van der Waals surface area contributed by atoms with Crippen molar-refractivity contribution in [1.29, 1.82) is 0 Å². The number of aryl methyl sites for hydroxylation is 3. The van der Waals surface area contributed by atoms with Gasteiger partial charge in [0, 0.05) is 6.54 Å². The molecule has 1 aromatic carbocycles. The number of hydrogen-bond acceptors (Lipinski definition) is 7. The lowest BCUT2D eigenvalue weighted by Crippen LogP contribution is -2.25. The second-order valence-electron chi connectivity index (χ2n) is 8.06. The minimum atomic E-state index is -0.694. The molecule has 1 aromatic rings. The number of aromatic hydroxyl groups is 1. The van der Waals surface area contributed by atoms with Crippen molar-refractivity contribution in [3.05, 3.63) is 47.4 Å². The highest BCUT2D eigenvalue weighted by Crippen LogP contribution is 2.41. The Hall–Kier alpha value is -3.42. The number of aromatic nitrogens is 3. The predicted octanol–water partition coefficient (Wildman–Crippen LogP) is 3.38. The van der Waals surface area contributed by atoms with Gasteiger partial charge >= 0.3 is 11.9 Å². The first-order valence-electron chi connectivity index (χ1n) is 9.55. The number of carbonyl (C=O) groups excluding carboxylic acids is 2. The van der Waals surface area contributed by atoms with E-state index in [1.807, 2.05) is 12.1 Å². The van der Waals surface area contributed by atoms with Gasteiger partial charge in [-0.2, -0.15) is 0 Å². The van der Waals surface area contributed by atoms with E-state index in [0.717, 1.165) is 5.56 Å². The summed E-state index contributed by atoms with van der Waals surface area (Å²) in [5.74, 6) is -0.324. The molecule has 0 bridgehead atoms. The molecule has 0 saturated carbocycles. The molecule has 0 saturated heterocycles. The van der Waals surface area contributed by atoms with Crippen LogP contribution < -0.4 is 4.74 Å². The summed E-state index contributed by atoms with van der Waals surface area (Å²) in [5, 5.41) is 10.8. The van der Waals surface area contributed by atoms with Crippen molar-refractivity contribution in [2.45, 2.75) is 40.7 Å². The summed E-state index contributed by atoms with van der Waals surface area (Å²) in [5.41, 5.74) is 1.56. The first-order valence-corrected chi connectivity index (χ1v) is 9.55. The van der Waals surface area contributed by atoms with Crippen molar-refractivity contribution in [2.75, 3.05) is 7.11 Å². The van der Waals surface area contributed by atoms with E-state index in [9.17, 15) is 14.7 Å². The van der Waals surface area contributed by atoms with Crippen LogP contribution in [0.2, 0.25) is 0 Å². The van der Waals surface area contributed by atoms with Crippen LogP contribution in [0.4, 0.5) is 0 Å². The topological polar surface area (TPSA) is 104 Å². The van der Waals surface area contributed by atoms with Crippen LogP contribution in [0.1, 0.15) is 42.4 Å². The van der Waals surface area contributed by atoms with E-state index in [-0.39, 0.29) is 17.6 Å². The van der Waals surface area contributed by atoms with E-state index in [1.54, 1.807) is 44.4 Å². The van der Waals surface area contributed by atoms with Crippen molar-refractivity contribution in [3.8, 4) is 23.0 Å². The van der Waals surface area contributed by atoms with Gasteiger partial charge in [0.15, 0.2) is 11.6 Å². The van der Waals surface area contributed by atoms with Crippen molar-refractivity contribution < 1.29 is 24.2 Å². The van der Waals surface area contributed by atoms with Gasteiger partial charge in [-0.05, 0) is 51.8 Å². The second kappa shape index (κ2) is 8.14. The summed E-state index contributed by atoms with van der Waals surface area (Å²) in [4.78, 5) is 32.5. The third kappa shape index (κ3) is 4.27. The van der Waals surface area contributed by atoms with E-state index >= 15 is 0 Å². The summed E-state index contributed by atoms with van der Waals surface area (Å²) in [6, 6.07) is 7.06. The molecule has 2 aliphatic heterocycles. The molecule has 8 nitrogen and oxygen atoms in total. The minimum absolute atomic E-state index is 0.0662. The molecule has 0 radical (unpaired) electrons. The fraction of sp³-hybridized carbons (Fsp3) is 0.364. The summed E-state index contributed by atoms with van der Waals surface area (Å²) in [6.45, 7) is 7.41. The zero-order valence-electron chi connectivity index (χ0n) is 17.7. The van der Waals surface area contributed by atoms with Gasteiger partial charge in [-0.1, -0.05) is 12.1 Å². The van der Waals surface area contributed by atoms with Crippen LogP contribution >= 0.6 is 0 Å². The maximum atomic E-state index is 12.3. The molecule has 0 amide bonds. The molecule has 3 rings (SSSR count). The first-order chi connectivity index (χ1) is 14.1. The van der Waals surface area contributed by atoms with Crippen molar-refractivity contribution >= 4 is 11.9 Å². The Morgan fingerprint density at radius 2 is 1.83 bits per heavy atom. The maximum absolute atomic E-state index is 12.3. The summed E-state index contributed by atoms with van der Waals surface area (Å²) in [7, 11) is 1.34. The van der Waals surface area contributed by atoms with Crippen LogP contribution in [0, 0.1) is 12.3 Å². The summed E-state index contributed by atoms with van der Waals surface area (Å²) < 4.78 is 11.8. The van der Waals surface area contributed by atoms with E-state index in [1.165, 1.54) is 13.4 Å². The first kappa shape index (κ1) is 21.3. The molecule has 0 fully saturated rings. The molecular formula is C22H25N3O5. The Morgan fingerprint density at radius 3 is 2.43 bits per heavy atom. The number of carbonyl (C=O) groups is 2. The Morgan fingerprint density at radius 1 is 1.17 bits per heavy atom. The molecule has 0 spiro atoms. The fourth-order valence-corrected chi connectivity index (χ4v) is 2.87. The van der Waals surface area contributed by atoms with Gasteiger partial charge in [0.2, 0.25) is 5.88 Å². The highest BCUT2D eigenvalue weighted by Gasteiger charge is 2.30. The largest absolute Gasteiger partial charge is 0.494 e. The Kier molecular flexibility index (Phi) is 5.78. The van der Waals surface area contributed by atoms with Crippen molar-refractivity contribution in [1.82, 2.24) is 14.5 Å². The molecular weight excluding hydrogens is 386 g/mol. The summed E-state index contributed by atoms with van der Waals surface area (Å²) >= 11 is 0. The number of nitrogens with zero attached hydrogens (tertiary/aromatic N) is 3. The number of methoxy groups -OCH3 is 1. The molecule has 30 heavy (non-hydrogen) atoms. The van der Waals surface area contributed by atoms with Crippen LogP contribution in [0.25, 0.3) is 11.4 Å². The van der Waals surface area contributed by atoms with E-state index in [0.29, 0.717) is 35.6 Å². The Labute approximate surface area is 174 Å². The van der Waals surface area contributed by atoms with Crippen LogP contribution in [-0.4, -0.2) is 38.7 Å². The van der Waals surface area contributed by atoms with Crippen molar-refractivity contribution in [3.63, 3.8) is 0 Å². The second-order valence-corrected chi connectivity index (χ2v) is 8.06. The van der Waals surface area contributed by atoms with Gasteiger partial charge in [0.05, 0.1) is 30.1 Å². The molecule has 0 atom stereocenters. The van der Waals surface area contributed by atoms with E-state index in [4.69, 9.17) is 9.47 Å². The average molecular weight is 411 g/mol. The number of hydrogen-bond donors (Lipinski definition) is 1. The normalized spacial score (nSPS) is 11.5. The van der Waals surface area contributed by atoms with Gasteiger partial charge < -0.3 is 19.1 Å². The molecule has 2 heterocycles. The van der Waals surface area contributed by atoms with Crippen LogP contribution in [0.3, 0.4) is 0 Å². The lowest BCUT2D eigenvalue weighted by Gasteiger charge is -2.17. The summed E-state index contributed by atoms with van der Waals surface area (Å²) in [6.07, 6.45) is 2.10. The van der Waals surface area contributed by atoms with E-state index in [2.05, 4.69) is 9.97 Å². The monoisotopic (exact) mass is 411 g/mol. The van der Waals surface area contributed by atoms with Crippen LogP contribution in [0.5, 0.6) is 11.6 Å². The lowest BCUT2D eigenvalue weighted by molar-refractivity contribution is -0.143. The average Bonchev–Trinajstić information content (AvgIpc) is 3.02. The SMILES string of the molecule is COC(=O)c1ccc(CCn2cnc3nc(C)c(OC(=O)C(C)(C)C)c-3c2O)cc1. The zero-order chi connectivity index (χ0) is 22.1. The van der Waals surface area contributed by atoms with Crippen LogP contribution in [-0.2, 0) is 22.5 Å². The van der Waals surface area contributed by atoms with Gasteiger partial charge in [-0.15, -0.1) is 0 Å². The lowest BCUT2D eigenvalue weighted by atomic mass is 9.97. The molecule has 8 heteroatoms. The van der Waals surface area contributed by atoms with E-state index < -0.39 is 11.4 Å². The van der Waals surface area contributed by atoms with Crippen LogP contribution in [0.15, 0.2) is 30.6 Å². The van der Waals surface area contributed by atoms with Gasteiger partial charge in [0.1, 0.15) is 5.56 Å². The Balaban J connectivity index is 1.84. The smallest absolute Gasteiger partial charge is 0.337 e. The molecule has 158 valence electrons. The third-order valence-electron chi connectivity index (χ3n) is 4.69. The van der Waals surface area contributed by atoms with Gasteiger partial charge in [-0.25, -0.2) is 14.8 Å². The van der Waals surface area contributed by atoms with Crippen molar-refractivity contribution in [2.24, 2.45) is 5.41 Å². The molecule has 0 aromatic heterocycles. The number of fused-ring (bicyclic) bond motifs is 1. The predicted molar refractivity (Wildman–Crippen MR) is 110 cm³/mol. The molecule has 2 aliphatic rings. The number of rotatable bonds is 5. The third-order valence-corrected chi connectivity index (χ3v) is 4.69. The molecule has 1 N–H and O–H groups in total. The minimum Gasteiger partial charge on any atom is -0.494 e. The number of esters is 2. The van der Waals surface area contributed by atoms with Gasteiger partial charge in [0.25, 0.3) is 0 Å². The zero-order valence-corrected chi connectivity index (χ0v) is 17.7.